The smallest absolute Gasteiger partial charge is 0.399 e. The number of alkyl halides is 1. The summed E-state index contributed by atoms with van der Waals surface area (Å²) < 4.78 is 53.0. The molecule has 0 saturated carbocycles. The summed E-state index contributed by atoms with van der Waals surface area (Å²) in [7, 11) is -4.35. The number of halogens is 2. The maximum atomic E-state index is 13.4. The zero-order valence-electron chi connectivity index (χ0n) is 67.9. The zero-order chi connectivity index (χ0) is 80.9. The molecular weight excluding hydrogens is 1590 g/mol. The second kappa shape index (κ2) is 36.4. The van der Waals surface area contributed by atoms with Gasteiger partial charge in [0.05, 0.1) is 33.0 Å². The number of aromatic nitrogens is 5. The summed E-state index contributed by atoms with van der Waals surface area (Å²) in [4.78, 5) is 60.1. The maximum Gasteiger partial charge on any atom is 0.494 e. The van der Waals surface area contributed by atoms with Gasteiger partial charge in [-0.3, -0.25) is 29.2 Å². The van der Waals surface area contributed by atoms with E-state index in [9.17, 15) is 22.8 Å². The highest BCUT2D eigenvalue weighted by atomic mass is 79.9. The van der Waals surface area contributed by atoms with Crippen LogP contribution in [0.5, 0.6) is 0 Å². The first-order valence-electron chi connectivity index (χ1n) is 39.2. The lowest BCUT2D eigenvalue weighted by atomic mass is 9.79. The van der Waals surface area contributed by atoms with Crippen molar-refractivity contribution in [3.05, 3.63) is 238 Å². The van der Waals surface area contributed by atoms with Gasteiger partial charge in [0, 0.05) is 201 Å². The molecule has 3 N–H and O–H groups in total. The molecule has 0 unspecified atom stereocenters. The molecule has 26 heteroatoms. The van der Waals surface area contributed by atoms with Crippen LogP contribution in [0.4, 0.5) is 0 Å². The molecule has 0 spiro atoms. The number of carbonyl (C=O) groups is 3. The number of allylic oxidation sites excluding steroid dienone is 1. The van der Waals surface area contributed by atoms with Crippen molar-refractivity contribution in [3.8, 4) is 22.3 Å². The molecule has 17 rings (SSSR count). The van der Waals surface area contributed by atoms with Crippen LogP contribution in [-0.4, -0.2) is 198 Å². The lowest BCUT2D eigenvalue weighted by molar-refractivity contribution is -0.131. The van der Waals surface area contributed by atoms with Gasteiger partial charge in [0.25, 0.3) is 10.0 Å². The number of aromatic amines is 2. The fourth-order valence-corrected chi connectivity index (χ4v) is 16.6. The second-order valence-corrected chi connectivity index (χ2v) is 35.4. The van der Waals surface area contributed by atoms with Crippen molar-refractivity contribution in [1.82, 2.24) is 53.7 Å². The zero-order valence-corrected chi connectivity index (χ0v) is 71.9. The van der Waals surface area contributed by atoms with Crippen molar-refractivity contribution in [2.75, 3.05) is 78.5 Å². The van der Waals surface area contributed by atoms with Crippen LogP contribution in [0, 0.1) is 6.92 Å². The molecule has 5 saturated heterocycles. The third kappa shape index (κ3) is 20.1. The fourth-order valence-electron chi connectivity index (χ4n) is 14.6. The molecule has 115 heavy (non-hydrogen) atoms. The summed E-state index contributed by atoms with van der Waals surface area (Å²) in [5, 5.41) is 7.11. The summed E-state index contributed by atoms with van der Waals surface area (Å²) in [6.45, 7) is 35.9. The van der Waals surface area contributed by atoms with E-state index in [0.717, 1.165) is 169 Å². The van der Waals surface area contributed by atoms with Gasteiger partial charge in [-0.05, 0) is 200 Å². The number of rotatable bonds is 12. The van der Waals surface area contributed by atoms with Crippen LogP contribution in [-0.2, 0) is 67.9 Å². The molecule has 0 atom stereocenters. The highest BCUT2D eigenvalue weighted by molar-refractivity contribution is 9.10. The first-order valence-corrected chi connectivity index (χ1v) is 42.6. The van der Waals surface area contributed by atoms with Crippen LogP contribution >= 0.6 is 31.9 Å². The Morgan fingerprint density at radius 2 is 0.957 bits per heavy atom. The number of benzene rings is 6. The standard InChI is InChI=1S/C29H28N4O.C22H16BrN3O2S.C19H29BN2O3.C13H18BBrO2.C6H12N2O.B/c1-20(34)33-14-12-32(13-15-33)19-21-2-4-22(5-3-21)25-17-27-26(7-9-29(27)31-18-25)23-6-8-28-24(16-23)10-11-30-28;1-14-2-5-18(6-3-14)29(27,28)26-13-20(19-11-17(23)12-25-22(19)26)15-4-7-21-16(10-15)8-9-24-21;1-15(23)22-12-10-21(11-13-22)14-16-6-8-17(9-7-16)20-24-18(2,3)19(4,5)25-20;1-12(2)13(3,4)17-14(16-12)11-7-5-10(9-15)6-8-11;1-6(9)8-4-2-7-3-5-8;/h2-8,10-11,16-18,30H,9,12-15,19H2,1H3;2-13,24H,1H3;6-9H,10-14H2,1-5H3;5-8H,9H2,1-4H3;7H,2-5H2,1H3;. The Balaban J connectivity index is 0.000000139. The van der Waals surface area contributed by atoms with Gasteiger partial charge in [-0.15, -0.1) is 0 Å². The molecule has 5 aromatic heterocycles. The first-order chi connectivity index (χ1) is 54.4. The quantitative estimate of drug-likeness (QED) is 0.0767. The van der Waals surface area contributed by atoms with Crippen LogP contribution in [0.25, 0.3) is 60.7 Å². The first kappa shape index (κ1) is 85.6. The van der Waals surface area contributed by atoms with Gasteiger partial charge in [-0.25, -0.2) is 17.4 Å². The maximum absolute atomic E-state index is 13.4. The van der Waals surface area contributed by atoms with Crippen molar-refractivity contribution >= 4 is 132 Å². The molecule has 6 aromatic carbocycles. The van der Waals surface area contributed by atoms with E-state index in [-0.39, 0.29) is 67.7 Å². The van der Waals surface area contributed by atoms with Crippen LogP contribution in [0.3, 0.4) is 0 Å². The van der Waals surface area contributed by atoms with Crippen LogP contribution < -0.4 is 16.2 Å². The van der Waals surface area contributed by atoms with Crippen molar-refractivity contribution in [1.29, 1.82) is 0 Å². The molecule has 11 aromatic rings. The van der Waals surface area contributed by atoms with Gasteiger partial charge >= 0.3 is 14.2 Å². The molecule has 5 fully saturated rings. The monoisotopic (exact) mass is 1690 g/mol. The topological polar surface area (TPSA) is 213 Å². The number of piperazine rings is 3. The number of pyridine rings is 2. The van der Waals surface area contributed by atoms with Gasteiger partial charge in [0.2, 0.25) is 17.7 Å². The molecule has 10 heterocycles. The molecular formula is C89H103B3Br2N11O9S. The predicted octanol–water partition coefficient (Wildman–Crippen LogP) is 14.0. The number of amides is 3. The van der Waals surface area contributed by atoms with Crippen LogP contribution in [0.1, 0.15) is 115 Å². The minimum absolute atomic E-state index is 0. The number of hydrogen-bond acceptors (Lipinski definition) is 14. The number of nitrogens with one attached hydrogen (secondary N) is 3. The molecule has 0 bridgehead atoms. The molecule has 5 aliphatic heterocycles. The number of H-pyrrole nitrogens is 2. The highest BCUT2D eigenvalue weighted by Gasteiger charge is 2.53. The van der Waals surface area contributed by atoms with E-state index in [0.29, 0.717) is 5.65 Å². The number of aryl methyl sites for hydroxylation is 1. The minimum atomic E-state index is -3.78. The lowest BCUT2D eigenvalue weighted by Gasteiger charge is -2.34. The Labute approximate surface area is 696 Å². The Hall–Kier alpha value is -8.79. The van der Waals surface area contributed by atoms with E-state index >= 15 is 0 Å². The Morgan fingerprint density at radius 1 is 0.504 bits per heavy atom. The van der Waals surface area contributed by atoms with Gasteiger partial charge in [0.1, 0.15) is 0 Å². The SMILES string of the molecule is CC(=O)N1CCN(Cc2ccc(-c3cnc4c(c3)C(c3ccc5[nH]ccc5c3)=CC4)cc2)CC1.CC(=O)N1CCN(Cc2ccc(B3OC(C)(C)C(C)(C)O3)cc2)CC1.CC(=O)N1CCNCC1.CC1(C)OB(c2ccc(CBr)cc2)OC1(C)C.Cc1ccc(S(=O)(=O)n2cc(-c3ccc4[nH]ccc4c3)c3cc(Br)cnc32)cc1.[B]. The number of fused-ring (bicyclic) bond motifs is 4. The van der Waals surface area contributed by atoms with E-state index in [1.165, 1.54) is 48.3 Å². The molecule has 6 aliphatic rings. The van der Waals surface area contributed by atoms with Crippen molar-refractivity contribution in [2.24, 2.45) is 0 Å². The van der Waals surface area contributed by atoms with Crippen LogP contribution in [0.2, 0.25) is 0 Å². The van der Waals surface area contributed by atoms with E-state index in [2.05, 4.69) is 227 Å². The van der Waals surface area contributed by atoms with E-state index in [4.69, 9.17) is 23.6 Å². The predicted molar refractivity (Wildman–Crippen MR) is 470 cm³/mol. The van der Waals surface area contributed by atoms with Crippen molar-refractivity contribution in [3.63, 3.8) is 0 Å². The molecule has 1 aliphatic carbocycles. The average molecular weight is 1700 g/mol. The van der Waals surface area contributed by atoms with Crippen molar-refractivity contribution < 1.29 is 41.4 Å². The summed E-state index contributed by atoms with van der Waals surface area (Å²) in [6, 6.07) is 53.4. The summed E-state index contributed by atoms with van der Waals surface area (Å²) >= 11 is 6.90. The van der Waals surface area contributed by atoms with Gasteiger partial charge in [-0.1, -0.05) is 125 Å². The molecule has 3 radical (unpaired) electrons. The normalized spacial score (nSPS) is 17.6. The number of hydrogen-bond donors (Lipinski definition) is 3. The summed E-state index contributed by atoms with van der Waals surface area (Å²) in [5.74, 6) is 0.540. The van der Waals surface area contributed by atoms with Gasteiger partial charge in [-0.2, -0.15) is 0 Å². The van der Waals surface area contributed by atoms with Gasteiger partial charge < -0.3 is 48.6 Å². The van der Waals surface area contributed by atoms with Gasteiger partial charge in [0.15, 0.2) is 5.65 Å². The third-order valence-corrected chi connectivity index (χ3v) is 25.9. The highest BCUT2D eigenvalue weighted by Crippen LogP contribution is 2.40. The Kier molecular flexibility index (Phi) is 27.1. The molecule has 20 nitrogen and oxygen atoms in total. The fraction of sp³-hybridized carbons (Fsp3) is 0.360. The summed E-state index contributed by atoms with van der Waals surface area (Å²) in [6.07, 6.45) is 12.3. The Bertz CT molecular complexity index is 5350. The summed E-state index contributed by atoms with van der Waals surface area (Å²) in [5.41, 5.74) is 17.4. The number of carbonyl (C=O) groups excluding carboxylic acids is 3. The lowest BCUT2D eigenvalue weighted by Crippen LogP contribution is -2.47. The number of nitrogens with zero attached hydrogens (tertiary/aromatic N) is 8. The minimum Gasteiger partial charge on any atom is -0.399 e. The van der Waals surface area contributed by atoms with Crippen molar-refractivity contribution in [2.45, 2.75) is 135 Å². The largest absolute Gasteiger partial charge is 0.494 e. The van der Waals surface area contributed by atoms with E-state index < -0.39 is 10.0 Å². The third-order valence-electron chi connectivity index (χ3n) is 23.1. The average Bonchev–Trinajstić information content (AvgIpc) is 1.57. The molecule has 597 valence electrons. The second-order valence-electron chi connectivity index (χ2n) is 32.1. The van der Waals surface area contributed by atoms with E-state index in [1.54, 1.807) is 57.4 Å². The van der Waals surface area contributed by atoms with E-state index in [1.807, 2.05) is 70.5 Å². The molecule has 3 amide bonds. The van der Waals surface area contributed by atoms with Crippen LogP contribution in [0.15, 0.2) is 204 Å². The Morgan fingerprint density at radius 3 is 1.43 bits per heavy atom.